The Morgan fingerprint density at radius 1 is 1.25 bits per heavy atom. The van der Waals surface area contributed by atoms with Crippen molar-refractivity contribution in [1.82, 2.24) is 0 Å². The first-order valence-corrected chi connectivity index (χ1v) is 6.11. The third-order valence-corrected chi connectivity index (χ3v) is 2.58. The topological polar surface area (TPSA) is 61.5 Å². The molecule has 0 unspecified atom stereocenters. The molecule has 104 valence electrons. The van der Waals surface area contributed by atoms with E-state index in [1.165, 1.54) is 24.3 Å². The molecule has 0 aliphatic heterocycles. The smallest absolute Gasteiger partial charge is 0.340 e. The zero-order chi connectivity index (χ0) is 14.5. The quantitative estimate of drug-likeness (QED) is 0.686. The first-order valence-electron chi connectivity index (χ1n) is 6.11. The Bertz CT molecular complexity index is 628. The van der Waals surface area contributed by atoms with Crippen LogP contribution < -0.4 is 10.5 Å². The Hall–Kier alpha value is -2.56. The first-order chi connectivity index (χ1) is 9.61. The summed E-state index contributed by atoms with van der Waals surface area (Å²) in [6.07, 6.45) is 0. The fraction of sp³-hybridized carbons (Fsp3) is 0.133. The molecule has 2 N–H and O–H groups in total. The summed E-state index contributed by atoms with van der Waals surface area (Å²) >= 11 is 0. The summed E-state index contributed by atoms with van der Waals surface area (Å²) in [4.78, 5) is 11.7. The van der Waals surface area contributed by atoms with Gasteiger partial charge in [0.2, 0.25) is 0 Å². The highest BCUT2D eigenvalue weighted by molar-refractivity contribution is 5.95. The fourth-order valence-corrected chi connectivity index (χ4v) is 1.64. The molecule has 0 saturated carbocycles. The van der Waals surface area contributed by atoms with Gasteiger partial charge in [-0.3, -0.25) is 0 Å². The number of anilines is 1. The molecule has 0 radical (unpaired) electrons. The van der Waals surface area contributed by atoms with E-state index in [1.54, 1.807) is 25.1 Å². The Labute approximate surface area is 115 Å². The van der Waals surface area contributed by atoms with Gasteiger partial charge in [0, 0.05) is 5.69 Å². The van der Waals surface area contributed by atoms with Crippen LogP contribution in [0.1, 0.15) is 17.3 Å². The molecular weight excluding hydrogens is 261 g/mol. The van der Waals surface area contributed by atoms with Crippen LogP contribution in [0.25, 0.3) is 0 Å². The van der Waals surface area contributed by atoms with Gasteiger partial charge in [-0.2, -0.15) is 0 Å². The van der Waals surface area contributed by atoms with E-state index in [9.17, 15) is 9.18 Å². The van der Waals surface area contributed by atoms with Gasteiger partial charge in [0.1, 0.15) is 5.75 Å². The predicted octanol–water partition coefficient (Wildman–Crippen LogP) is 3.38. The molecule has 0 aliphatic carbocycles. The number of carbonyl (C=O) groups excluding carboxylic acids is 1. The second-order valence-corrected chi connectivity index (χ2v) is 4.00. The van der Waals surface area contributed by atoms with Gasteiger partial charge in [-0.25, -0.2) is 9.18 Å². The van der Waals surface area contributed by atoms with Crippen LogP contribution in [0.15, 0.2) is 42.5 Å². The van der Waals surface area contributed by atoms with Crippen LogP contribution in [0.3, 0.4) is 0 Å². The third kappa shape index (κ3) is 3.06. The Balaban J connectivity index is 2.28. The van der Waals surface area contributed by atoms with Crippen LogP contribution in [0.2, 0.25) is 0 Å². The maximum absolute atomic E-state index is 13.5. The summed E-state index contributed by atoms with van der Waals surface area (Å²) in [6, 6.07) is 10.5. The van der Waals surface area contributed by atoms with E-state index < -0.39 is 11.8 Å². The second kappa shape index (κ2) is 6.06. The number of halogens is 1. The number of ether oxygens (including phenoxy) is 2. The highest BCUT2D eigenvalue weighted by atomic mass is 19.1. The number of benzene rings is 2. The van der Waals surface area contributed by atoms with Crippen LogP contribution >= 0.6 is 0 Å². The summed E-state index contributed by atoms with van der Waals surface area (Å²) in [6.45, 7) is 1.95. The standard InChI is InChI=1S/C15H14FNO3/c1-2-19-15(18)11-9-10(7-8-13(11)17)20-14-6-4-3-5-12(14)16/h3-9H,2,17H2,1H3. The summed E-state index contributed by atoms with van der Waals surface area (Å²) in [7, 11) is 0. The maximum Gasteiger partial charge on any atom is 0.340 e. The molecule has 2 rings (SSSR count). The minimum atomic E-state index is -0.538. The van der Waals surface area contributed by atoms with E-state index >= 15 is 0 Å². The molecular formula is C15H14FNO3. The third-order valence-electron chi connectivity index (χ3n) is 2.58. The van der Waals surface area contributed by atoms with Crippen LogP contribution in [-0.4, -0.2) is 12.6 Å². The van der Waals surface area contributed by atoms with Crippen molar-refractivity contribution in [3.8, 4) is 11.5 Å². The van der Waals surface area contributed by atoms with Gasteiger partial charge < -0.3 is 15.2 Å². The molecule has 0 spiro atoms. The lowest BCUT2D eigenvalue weighted by molar-refractivity contribution is 0.0527. The van der Waals surface area contributed by atoms with Gasteiger partial charge >= 0.3 is 5.97 Å². The van der Waals surface area contributed by atoms with Gasteiger partial charge in [0.15, 0.2) is 11.6 Å². The van der Waals surface area contributed by atoms with Crippen LogP contribution in [0.4, 0.5) is 10.1 Å². The lowest BCUT2D eigenvalue weighted by Crippen LogP contribution is -2.08. The van der Waals surface area contributed by atoms with E-state index in [1.807, 2.05) is 0 Å². The van der Waals surface area contributed by atoms with Crippen LogP contribution in [-0.2, 0) is 4.74 Å². The molecule has 0 fully saturated rings. The van der Waals surface area contributed by atoms with Gasteiger partial charge in [0.25, 0.3) is 0 Å². The average Bonchev–Trinajstić information content (AvgIpc) is 2.43. The number of hydrogen-bond donors (Lipinski definition) is 1. The summed E-state index contributed by atoms with van der Waals surface area (Å²) < 4.78 is 23.8. The molecule has 2 aromatic carbocycles. The van der Waals surface area contributed by atoms with Crippen molar-refractivity contribution in [2.24, 2.45) is 0 Å². The first kappa shape index (κ1) is 13.9. The lowest BCUT2D eigenvalue weighted by Gasteiger charge is -2.10. The molecule has 0 heterocycles. The van der Waals surface area contributed by atoms with E-state index in [-0.39, 0.29) is 23.6 Å². The number of para-hydroxylation sites is 1. The monoisotopic (exact) mass is 275 g/mol. The molecule has 0 atom stereocenters. The second-order valence-electron chi connectivity index (χ2n) is 4.00. The van der Waals surface area contributed by atoms with Crippen molar-refractivity contribution < 1.29 is 18.7 Å². The summed E-state index contributed by atoms with van der Waals surface area (Å²) in [5.74, 6) is -0.634. The van der Waals surface area contributed by atoms with Crippen molar-refractivity contribution in [2.45, 2.75) is 6.92 Å². The summed E-state index contributed by atoms with van der Waals surface area (Å²) in [5, 5.41) is 0. The number of nitrogens with two attached hydrogens (primary N) is 1. The molecule has 4 nitrogen and oxygen atoms in total. The van der Waals surface area contributed by atoms with Crippen LogP contribution in [0, 0.1) is 5.82 Å². The van der Waals surface area contributed by atoms with E-state index in [0.29, 0.717) is 5.75 Å². The number of carbonyl (C=O) groups is 1. The zero-order valence-corrected chi connectivity index (χ0v) is 10.9. The molecule has 5 heteroatoms. The van der Waals surface area contributed by atoms with Crippen molar-refractivity contribution >= 4 is 11.7 Å². The number of rotatable bonds is 4. The molecule has 2 aromatic rings. The number of hydrogen-bond acceptors (Lipinski definition) is 4. The highest BCUT2D eigenvalue weighted by Gasteiger charge is 2.13. The normalized spacial score (nSPS) is 10.1. The fourth-order valence-electron chi connectivity index (χ4n) is 1.64. The van der Waals surface area contributed by atoms with Gasteiger partial charge in [-0.05, 0) is 37.3 Å². The lowest BCUT2D eigenvalue weighted by atomic mass is 10.1. The number of esters is 1. The van der Waals surface area contributed by atoms with E-state index in [2.05, 4.69) is 0 Å². The van der Waals surface area contributed by atoms with E-state index in [4.69, 9.17) is 15.2 Å². The van der Waals surface area contributed by atoms with E-state index in [0.717, 1.165) is 0 Å². The minimum absolute atomic E-state index is 0.0760. The van der Waals surface area contributed by atoms with Gasteiger partial charge in [-0.1, -0.05) is 12.1 Å². The number of nitrogen functional groups attached to an aromatic ring is 1. The van der Waals surface area contributed by atoms with Gasteiger partial charge in [-0.15, -0.1) is 0 Å². The Morgan fingerprint density at radius 3 is 2.70 bits per heavy atom. The average molecular weight is 275 g/mol. The molecule has 0 saturated heterocycles. The maximum atomic E-state index is 13.5. The highest BCUT2D eigenvalue weighted by Crippen LogP contribution is 2.27. The SMILES string of the molecule is CCOC(=O)c1cc(Oc2ccccc2F)ccc1N. The van der Waals surface area contributed by atoms with Crippen molar-refractivity contribution in [1.29, 1.82) is 0 Å². The van der Waals surface area contributed by atoms with Crippen LogP contribution in [0.5, 0.6) is 11.5 Å². The Kier molecular flexibility index (Phi) is 4.20. The van der Waals surface area contributed by atoms with Crippen molar-refractivity contribution in [3.05, 3.63) is 53.8 Å². The largest absolute Gasteiger partial charge is 0.462 e. The van der Waals surface area contributed by atoms with Crippen molar-refractivity contribution in [2.75, 3.05) is 12.3 Å². The predicted molar refractivity (Wildman–Crippen MR) is 73.3 cm³/mol. The molecule has 0 amide bonds. The summed E-state index contributed by atoms with van der Waals surface area (Å²) in [5.41, 5.74) is 6.19. The van der Waals surface area contributed by atoms with Crippen molar-refractivity contribution in [3.63, 3.8) is 0 Å². The molecule has 20 heavy (non-hydrogen) atoms. The Morgan fingerprint density at radius 2 is 2.00 bits per heavy atom. The molecule has 0 bridgehead atoms. The minimum Gasteiger partial charge on any atom is -0.462 e. The molecule has 0 aliphatic rings. The zero-order valence-electron chi connectivity index (χ0n) is 10.9. The molecule has 0 aromatic heterocycles. The van der Waals surface area contributed by atoms with Gasteiger partial charge in [0.05, 0.1) is 12.2 Å².